The first-order valence-electron chi connectivity index (χ1n) is 5.25. The van der Waals surface area contributed by atoms with Gasteiger partial charge in [0.05, 0.1) is 12.1 Å². The lowest BCUT2D eigenvalue weighted by Gasteiger charge is -2.20. The molecule has 0 heterocycles. The Morgan fingerprint density at radius 2 is 1.89 bits per heavy atom. The lowest BCUT2D eigenvalue weighted by Crippen LogP contribution is -2.43. The van der Waals surface area contributed by atoms with Gasteiger partial charge in [0.2, 0.25) is 0 Å². The molecule has 96 valence electrons. The average molecular weight is 271 g/mol. The Morgan fingerprint density at radius 3 is 2.50 bits per heavy atom. The summed E-state index contributed by atoms with van der Waals surface area (Å²) in [7, 11) is 0. The summed E-state index contributed by atoms with van der Waals surface area (Å²) in [6.07, 6.45) is -2.03. The first kappa shape index (κ1) is 12.5. The summed E-state index contributed by atoms with van der Waals surface area (Å²) in [5.74, 6) is 0. The maximum Gasteiger partial charge on any atom is 0.405 e. The van der Waals surface area contributed by atoms with Crippen molar-refractivity contribution >= 4 is 23.8 Å². The van der Waals surface area contributed by atoms with Gasteiger partial charge in [0, 0.05) is 5.02 Å². The van der Waals surface area contributed by atoms with Crippen LogP contribution in [0.4, 0.5) is 9.59 Å². The average Bonchev–Trinajstić information content (AvgIpc) is 2.58. The van der Waals surface area contributed by atoms with Crippen LogP contribution in [-0.4, -0.2) is 28.4 Å². The van der Waals surface area contributed by atoms with Gasteiger partial charge < -0.3 is 20.8 Å². The van der Waals surface area contributed by atoms with E-state index in [1.54, 1.807) is 18.2 Å². The van der Waals surface area contributed by atoms with Crippen molar-refractivity contribution in [2.45, 2.75) is 18.5 Å². The van der Waals surface area contributed by atoms with Crippen molar-refractivity contribution in [1.29, 1.82) is 0 Å². The Hall–Kier alpha value is -1.95. The zero-order valence-corrected chi connectivity index (χ0v) is 9.94. The molecule has 1 aromatic carbocycles. The molecule has 4 N–H and O–H groups in total. The van der Waals surface area contributed by atoms with E-state index in [1.807, 2.05) is 0 Å². The molecule has 2 atom stereocenters. The Kier molecular flexibility index (Phi) is 3.29. The smallest absolute Gasteiger partial charge is 0.405 e. The summed E-state index contributed by atoms with van der Waals surface area (Å²) in [5.41, 5.74) is 1.49. The van der Waals surface area contributed by atoms with Crippen molar-refractivity contribution in [3.05, 3.63) is 34.3 Å². The van der Waals surface area contributed by atoms with Crippen LogP contribution in [0.1, 0.15) is 17.2 Å². The van der Waals surface area contributed by atoms with E-state index in [0.29, 0.717) is 17.0 Å². The minimum absolute atomic E-state index is 0.367. The highest BCUT2D eigenvalue weighted by molar-refractivity contribution is 6.31. The van der Waals surface area contributed by atoms with Gasteiger partial charge in [0.1, 0.15) is 0 Å². The normalized spacial score (nSPS) is 21.2. The van der Waals surface area contributed by atoms with Crippen molar-refractivity contribution in [3.63, 3.8) is 0 Å². The minimum atomic E-state index is -1.20. The van der Waals surface area contributed by atoms with Crippen LogP contribution in [-0.2, 0) is 6.42 Å². The fourth-order valence-corrected chi connectivity index (χ4v) is 2.50. The molecular weight excluding hydrogens is 260 g/mol. The molecule has 6 nitrogen and oxygen atoms in total. The van der Waals surface area contributed by atoms with E-state index in [1.165, 1.54) is 0 Å². The van der Waals surface area contributed by atoms with Crippen molar-refractivity contribution in [2.75, 3.05) is 0 Å². The van der Waals surface area contributed by atoms with Gasteiger partial charge in [-0.2, -0.15) is 0 Å². The summed E-state index contributed by atoms with van der Waals surface area (Å²) in [4.78, 5) is 21.5. The van der Waals surface area contributed by atoms with E-state index in [4.69, 9.17) is 21.8 Å². The molecule has 1 aliphatic rings. The third-order valence-electron chi connectivity index (χ3n) is 2.90. The van der Waals surface area contributed by atoms with Gasteiger partial charge in [-0.05, 0) is 23.6 Å². The number of benzene rings is 1. The van der Waals surface area contributed by atoms with E-state index < -0.39 is 24.3 Å². The molecule has 18 heavy (non-hydrogen) atoms. The molecule has 0 aliphatic heterocycles. The van der Waals surface area contributed by atoms with Gasteiger partial charge in [0.25, 0.3) is 0 Å². The highest BCUT2D eigenvalue weighted by atomic mass is 35.5. The lowest BCUT2D eigenvalue weighted by atomic mass is 10.1. The van der Waals surface area contributed by atoms with Gasteiger partial charge >= 0.3 is 12.2 Å². The van der Waals surface area contributed by atoms with Crippen molar-refractivity contribution in [2.24, 2.45) is 0 Å². The lowest BCUT2D eigenvalue weighted by molar-refractivity contribution is 0.177. The molecule has 7 heteroatoms. The van der Waals surface area contributed by atoms with Gasteiger partial charge in [-0.15, -0.1) is 0 Å². The SMILES string of the molecule is O=C(O)N[C@H]1Cc2c(Cl)cccc2[C@H]1NC(=O)O. The maximum absolute atomic E-state index is 10.8. The topological polar surface area (TPSA) is 98.7 Å². The molecule has 0 bridgehead atoms. The molecule has 0 aromatic heterocycles. The van der Waals surface area contributed by atoms with E-state index in [-0.39, 0.29) is 0 Å². The van der Waals surface area contributed by atoms with E-state index in [0.717, 1.165) is 5.56 Å². The Labute approximate surface area is 108 Å². The van der Waals surface area contributed by atoms with Crippen LogP contribution in [0.25, 0.3) is 0 Å². The minimum Gasteiger partial charge on any atom is -0.465 e. The Bertz CT molecular complexity index is 506. The molecule has 1 aromatic rings. The molecule has 0 radical (unpaired) electrons. The maximum atomic E-state index is 10.8. The third kappa shape index (κ3) is 2.33. The zero-order chi connectivity index (χ0) is 13.3. The first-order valence-corrected chi connectivity index (χ1v) is 5.63. The van der Waals surface area contributed by atoms with Gasteiger partial charge in [0.15, 0.2) is 0 Å². The number of amides is 2. The van der Waals surface area contributed by atoms with Crippen LogP contribution in [0.2, 0.25) is 5.02 Å². The molecule has 0 fully saturated rings. The fourth-order valence-electron chi connectivity index (χ4n) is 2.24. The van der Waals surface area contributed by atoms with Crippen molar-refractivity contribution in [3.8, 4) is 0 Å². The molecule has 2 rings (SSSR count). The fraction of sp³-hybridized carbons (Fsp3) is 0.273. The monoisotopic (exact) mass is 270 g/mol. The second-order valence-electron chi connectivity index (χ2n) is 3.99. The third-order valence-corrected chi connectivity index (χ3v) is 3.26. The second kappa shape index (κ2) is 4.73. The Balaban J connectivity index is 2.34. The highest BCUT2D eigenvalue weighted by Gasteiger charge is 2.35. The predicted octanol–water partition coefficient (Wildman–Crippen LogP) is 1.84. The number of hydrogen-bond acceptors (Lipinski definition) is 2. The van der Waals surface area contributed by atoms with Gasteiger partial charge in [-0.3, -0.25) is 0 Å². The number of fused-ring (bicyclic) bond motifs is 1. The zero-order valence-electron chi connectivity index (χ0n) is 9.18. The second-order valence-corrected chi connectivity index (χ2v) is 4.40. The summed E-state index contributed by atoms with van der Waals surface area (Å²) in [6.45, 7) is 0. The largest absolute Gasteiger partial charge is 0.465 e. The first-order chi connectivity index (χ1) is 8.49. The molecule has 0 spiro atoms. The van der Waals surface area contributed by atoms with Crippen LogP contribution >= 0.6 is 11.6 Å². The molecular formula is C11H11ClN2O4. The molecule has 0 saturated carbocycles. The van der Waals surface area contributed by atoms with Crippen LogP contribution < -0.4 is 10.6 Å². The van der Waals surface area contributed by atoms with E-state index >= 15 is 0 Å². The van der Waals surface area contributed by atoms with Crippen LogP contribution in [0.15, 0.2) is 18.2 Å². The van der Waals surface area contributed by atoms with Crippen molar-refractivity contribution in [1.82, 2.24) is 10.6 Å². The number of halogens is 1. The molecule has 0 saturated heterocycles. The standard InChI is InChI=1S/C11H11ClN2O4/c12-7-3-1-2-5-6(7)4-8(13-10(15)16)9(5)14-11(17)18/h1-3,8-9,13-14H,4H2,(H,15,16)(H,17,18)/t8-,9+/m0/s1. The van der Waals surface area contributed by atoms with Crippen molar-refractivity contribution < 1.29 is 19.8 Å². The highest BCUT2D eigenvalue weighted by Crippen LogP contribution is 2.35. The summed E-state index contributed by atoms with van der Waals surface area (Å²) in [5, 5.41) is 22.7. The van der Waals surface area contributed by atoms with Gasteiger partial charge in [-0.25, -0.2) is 9.59 Å². The van der Waals surface area contributed by atoms with E-state index in [9.17, 15) is 9.59 Å². The number of hydrogen-bond donors (Lipinski definition) is 4. The number of rotatable bonds is 2. The summed E-state index contributed by atoms with van der Waals surface area (Å²) >= 11 is 6.02. The summed E-state index contributed by atoms with van der Waals surface area (Å²) < 4.78 is 0. The number of carboxylic acid groups (broad SMARTS) is 2. The quantitative estimate of drug-likeness (QED) is 0.659. The molecule has 1 aliphatic carbocycles. The molecule has 0 unspecified atom stereocenters. The number of nitrogens with one attached hydrogen (secondary N) is 2. The van der Waals surface area contributed by atoms with Crippen LogP contribution in [0.5, 0.6) is 0 Å². The predicted molar refractivity (Wildman–Crippen MR) is 64.0 cm³/mol. The number of carbonyl (C=O) groups is 2. The van der Waals surface area contributed by atoms with Crippen LogP contribution in [0.3, 0.4) is 0 Å². The summed E-state index contributed by atoms with van der Waals surface area (Å²) in [6, 6.07) is 3.98. The molecule has 2 amide bonds. The van der Waals surface area contributed by atoms with Crippen LogP contribution in [0, 0.1) is 0 Å². The van der Waals surface area contributed by atoms with Gasteiger partial charge in [-0.1, -0.05) is 23.7 Å². The van der Waals surface area contributed by atoms with E-state index in [2.05, 4.69) is 10.6 Å². The Morgan fingerprint density at radius 1 is 1.22 bits per heavy atom.